The van der Waals surface area contributed by atoms with E-state index in [0.29, 0.717) is 6.04 Å². The maximum Gasteiger partial charge on any atom is 0.123 e. The van der Waals surface area contributed by atoms with Crippen molar-refractivity contribution in [3.05, 3.63) is 29.6 Å². The van der Waals surface area contributed by atoms with E-state index in [2.05, 4.69) is 10.2 Å². The second-order valence-corrected chi connectivity index (χ2v) is 6.25. The number of nitrogens with one attached hydrogen (secondary N) is 1. The highest BCUT2D eigenvalue weighted by Gasteiger charge is 2.21. The number of hydrogen-bond acceptors (Lipinski definition) is 3. The van der Waals surface area contributed by atoms with Gasteiger partial charge in [0.15, 0.2) is 0 Å². The number of anilines is 1. The molecule has 98 valence electrons. The predicted octanol–water partition coefficient (Wildman–Crippen LogP) is 2.63. The predicted molar refractivity (Wildman–Crippen MR) is 75.8 cm³/mol. The largest absolute Gasteiger partial charge is 0.370 e. The number of rotatable bonds is 4. The molecule has 1 aromatic rings. The number of halogens is 1. The van der Waals surface area contributed by atoms with Crippen LogP contribution in [0.4, 0.5) is 10.1 Å². The zero-order chi connectivity index (χ0) is 12.4. The second-order valence-electron chi connectivity index (χ2n) is 5.03. The van der Waals surface area contributed by atoms with Gasteiger partial charge in [0.25, 0.3) is 0 Å². The molecule has 18 heavy (non-hydrogen) atoms. The number of hydrogen-bond donors (Lipinski definition) is 1. The number of thioether (sulfide) groups is 1. The Morgan fingerprint density at radius 1 is 1.28 bits per heavy atom. The molecule has 0 unspecified atom stereocenters. The van der Waals surface area contributed by atoms with Crippen LogP contribution in [0, 0.1) is 5.82 Å². The summed E-state index contributed by atoms with van der Waals surface area (Å²) in [5.74, 6) is 2.22. The van der Waals surface area contributed by atoms with Gasteiger partial charge in [-0.05, 0) is 36.6 Å². The first-order valence-corrected chi connectivity index (χ1v) is 7.83. The molecule has 2 nitrogen and oxygen atoms in total. The lowest BCUT2D eigenvalue weighted by atomic mass is 10.1. The lowest BCUT2D eigenvalue weighted by Crippen LogP contribution is -2.33. The molecule has 2 aliphatic rings. The molecule has 0 atom stereocenters. The van der Waals surface area contributed by atoms with E-state index in [-0.39, 0.29) is 5.82 Å². The molecule has 0 amide bonds. The molecule has 1 saturated heterocycles. The maximum absolute atomic E-state index is 13.4. The zero-order valence-electron chi connectivity index (χ0n) is 10.5. The third-order valence-electron chi connectivity index (χ3n) is 3.55. The van der Waals surface area contributed by atoms with Gasteiger partial charge in [-0.3, -0.25) is 0 Å². The molecule has 0 radical (unpaired) electrons. The van der Waals surface area contributed by atoms with Crippen LogP contribution in [0.3, 0.4) is 0 Å². The van der Waals surface area contributed by atoms with Crippen LogP contribution in [0.25, 0.3) is 0 Å². The summed E-state index contributed by atoms with van der Waals surface area (Å²) >= 11 is 2.00. The number of benzene rings is 1. The summed E-state index contributed by atoms with van der Waals surface area (Å²) in [4.78, 5) is 2.39. The summed E-state index contributed by atoms with van der Waals surface area (Å²) in [6.07, 6.45) is 2.54. The van der Waals surface area contributed by atoms with E-state index >= 15 is 0 Å². The van der Waals surface area contributed by atoms with Gasteiger partial charge in [0.2, 0.25) is 0 Å². The van der Waals surface area contributed by atoms with Crippen molar-refractivity contribution < 1.29 is 4.39 Å². The molecule has 2 fully saturated rings. The fourth-order valence-corrected chi connectivity index (χ4v) is 3.25. The first kappa shape index (κ1) is 12.3. The first-order valence-electron chi connectivity index (χ1n) is 6.67. The Balaban J connectivity index is 1.76. The molecule has 0 spiro atoms. The van der Waals surface area contributed by atoms with Crippen LogP contribution < -0.4 is 10.2 Å². The van der Waals surface area contributed by atoms with Gasteiger partial charge in [-0.2, -0.15) is 11.8 Å². The lowest BCUT2D eigenvalue weighted by Gasteiger charge is -2.30. The minimum Gasteiger partial charge on any atom is -0.370 e. The Morgan fingerprint density at radius 2 is 2.06 bits per heavy atom. The lowest BCUT2D eigenvalue weighted by molar-refractivity contribution is 0.618. The molecule has 1 aromatic carbocycles. The third-order valence-corrected chi connectivity index (χ3v) is 4.49. The van der Waals surface area contributed by atoms with E-state index in [1.165, 1.54) is 30.0 Å². The normalized spacial score (nSPS) is 20.2. The van der Waals surface area contributed by atoms with E-state index in [1.807, 2.05) is 17.8 Å². The highest BCUT2D eigenvalue weighted by atomic mass is 32.2. The third kappa shape index (κ3) is 2.98. The van der Waals surface area contributed by atoms with Gasteiger partial charge < -0.3 is 10.2 Å². The SMILES string of the molecule is Fc1ccc(N2CCSCC2)c(CNC2CC2)c1. The van der Waals surface area contributed by atoms with Crippen LogP contribution in [0.5, 0.6) is 0 Å². The topological polar surface area (TPSA) is 15.3 Å². The van der Waals surface area contributed by atoms with Crippen molar-refractivity contribution in [3.8, 4) is 0 Å². The summed E-state index contributed by atoms with van der Waals surface area (Å²) in [6, 6.07) is 5.87. The monoisotopic (exact) mass is 266 g/mol. The second kappa shape index (κ2) is 5.49. The van der Waals surface area contributed by atoms with E-state index < -0.39 is 0 Å². The van der Waals surface area contributed by atoms with Gasteiger partial charge in [-0.1, -0.05) is 0 Å². The molecule has 0 aromatic heterocycles. The summed E-state index contributed by atoms with van der Waals surface area (Å²) in [6.45, 7) is 2.95. The molecule has 3 rings (SSSR count). The van der Waals surface area contributed by atoms with Crippen LogP contribution in [0.2, 0.25) is 0 Å². The fraction of sp³-hybridized carbons (Fsp3) is 0.571. The Bertz CT molecular complexity index is 414. The summed E-state index contributed by atoms with van der Waals surface area (Å²) in [5.41, 5.74) is 2.32. The van der Waals surface area contributed by atoms with E-state index in [9.17, 15) is 4.39 Å². The van der Waals surface area contributed by atoms with E-state index in [0.717, 1.165) is 25.2 Å². The molecular formula is C14H19FN2S. The van der Waals surface area contributed by atoms with Crippen molar-refractivity contribution >= 4 is 17.4 Å². The minimum atomic E-state index is -0.127. The van der Waals surface area contributed by atoms with Crippen molar-refractivity contribution in [2.45, 2.75) is 25.4 Å². The fourth-order valence-electron chi connectivity index (χ4n) is 2.35. The zero-order valence-corrected chi connectivity index (χ0v) is 11.3. The van der Waals surface area contributed by atoms with Crippen LogP contribution in [0.1, 0.15) is 18.4 Å². The van der Waals surface area contributed by atoms with Crippen LogP contribution >= 0.6 is 11.8 Å². The van der Waals surface area contributed by atoms with Gasteiger partial charge in [0.1, 0.15) is 5.82 Å². The van der Waals surface area contributed by atoms with Gasteiger partial charge in [-0.15, -0.1) is 0 Å². The molecule has 1 saturated carbocycles. The number of nitrogens with zero attached hydrogens (tertiary/aromatic N) is 1. The summed E-state index contributed by atoms with van der Waals surface area (Å²) in [5, 5.41) is 3.48. The van der Waals surface area contributed by atoms with Crippen molar-refractivity contribution in [3.63, 3.8) is 0 Å². The maximum atomic E-state index is 13.4. The Labute approximate surface area is 112 Å². The van der Waals surface area contributed by atoms with Gasteiger partial charge in [0.05, 0.1) is 0 Å². The van der Waals surface area contributed by atoms with Gasteiger partial charge in [0, 0.05) is 42.9 Å². The van der Waals surface area contributed by atoms with Crippen molar-refractivity contribution in [1.82, 2.24) is 5.32 Å². The van der Waals surface area contributed by atoms with Crippen molar-refractivity contribution in [2.75, 3.05) is 29.5 Å². The average molecular weight is 266 g/mol. The molecule has 0 bridgehead atoms. The first-order chi connectivity index (χ1) is 8.83. The Hall–Kier alpha value is -0.740. The smallest absolute Gasteiger partial charge is 0.123 e. The average Bonchev–Trinajstić information content (AvgIpc) is 3.21. The minimum absolute atomic E-state index is 0.127. The standard InChI is InChI=1S/C14H19FN2S/c15-12-1-4-14(17-5-7-18-8-6-17)11(9-12)10-16-13-2-3-13/h1,4,9,13,16H,2-3,5-8,10H2. The molecular weight excluding hydrogens is 247 g/mol. The van der Waals surface area contributed by atoms with Crippen molar-refractivity contribution in [1.29, 1.82) is 0 Å². The highest BCUT2D eigenvalue weighted by molar-refractivity contribution is 7.99. The molecule has 1 aliphatic heterocycles. The van der Waals surface area contributed by atoms with E-state index in [1.54, 1.807) is 12.1 Å². The van der Waals surface area contributed by atoms with Crippen LogP contribution in [-0.2, 0) is 6.54 Å². The summed E-state index contributed by atoms with van der Waals surface area (Å²) in [7, 11) is 0. The van der Waals surface area contributed by atoms with Gasteiger partial charge in [-0.25, -0.2) is 4.39 Å². The Morgan fingerprint density at radius 3 is 2.78 bits per heavy atom. The van der Waals surface area contributed by atoms with Gasteiger partial charge >= 0.3 is 0 Å². The van der Waals surface area contributed by atoms with Crippen molar-refractivity contribution in [2.24, 2.45) is 0 Å². The van der Waals surface area contributed by atoms with Crippen LogP contribution in [-0.4, -0.2) is 30.6 Å². The molecule has 1 heterocycles. The van der Waals surface area contributed by atoms with Crippen LogP contribution in [0.15, 0.2) is 18.2 Å². The quantitative estimate of drug-likeness (QED) is 0.902. The van der Waals surface area contributed by atoms with E-state index in [4.69, 9.17) is 0 Å². The molecule has 4 heteroatoms. The molecule has 1 aliphatic carbocycles. The molecule has 1 N–H and O–H groups in total. The highest BCUT2D eigenvalue weighted by Crippen LogP contribution is 2.26. The summed E-state index contributed by atoms with van der Waals surface area (Å²) < 4.78 is 13.4. The Kier molecular flexibility index (Phi) is 3.75.